The molecule has 4 aromatic rings. The van der Waals surface area contributed by atoms with Crippen molar-refractivity contribution in [1.82, 2.24) is 14.9 Å². The van der Waals surface area contributed by atoms with Gasteiger partial charge in [0, 0.05) is 37.2 Å². The lowest BCUT2D eigenvalue weighted by Gasteiger charge is -2.30. The van der Waals surface area contributed by atoms with Gasteiger partial charge in [0.1, 0.15) is 5.75 Å². The van der Waals surface area contributed by atoms with Crippen molar-refractivity contribution in [2.45, 2.75) is 30.8 Å². The number of aliphatic hydroxyl groups is 1. The minimum atomic E-state index is -4.14. The Kier molecular flexibility index (Phi) is 8.83. The molecule has 1 aliphatic rings. The number of nitrogens with zero attached hydrogens (tertiary/aromatic N) is 3. The second-order valence-corrected chi connectivity index (χ2v) is 11.7. The number of rotatable bonds is 12. The van der Waals surface area contributed by atoms with Crippen molar-refractivity contribution in [2.75, 3.05) is 44.0 Å². The monoisotopic (exact) mass is 607 g/mol. The number of amides is 1. The van der Waals surface area contributed by atoms with E-state index in [9.17, 15) is 18.3 Å². The molecule has 1 amide bonds. The second kappa shape index (κ2) is 12.7. The van der Waals surface area contributed by atoms with E-state index in [0.717, 1.165) is 6.42 Å². The van der Waals surface area contributed by atoms with E-state index >= 15 is 0 Å². The van der Waals surface area contributed by atoms with Gasteiger partial charge in [-0.25, -0.2) is 18.4 Å². The molecule has 226 valence electrons. The fourth-order valence-electron chi connectivity index (χ4n) is 4.37. The van der Waals surface area contributed by atoms with Crippen LogP contribution in [-0.2, 0) is 10.0 Å². The number of hydrogen-bond donors (Lipinski definition) is 3. The molecule has 1 saturated heterocycles. The van der Waals surface area contributed by atoms with Gasteiger partial charge in [0.05, 0.1) is 48.5 Å². The predicted molar refractivity (Wildman–Crippen MR) is 162 cm³/mol. The number of aliphatic hydroxyl groups excluding tert-OH is 1. The predicted octanol–water partition coefficient (Wildman–Crippen LogP) is 4.19. The van der Waals surface area contributed by atoms with Crippen molar-refractivity contribution in [2.24, 2.45) is 0 Å². The zero-order valence-corrected chi connectivity index (χ0v) is 24.8. The van der Waals surface area contributed by atoms with E-state index in [1.165, 1.54) is 38.5 Å². The lowest BCUT2D eigenvalue weighted by Crippen LogP contribution is -2.42. The third kappa shape index (κ3) is 6.73. The minimum Gasteiger partial charge on any atom is -0.497 e. The summed E-state index contributed by atoms with van der Waals surface area (Å²) in [5.74, 6) is 1.03. The molecule has 1 aliphatic heterocycles. The van der Waals surface area contributed by atoms with Crippen LogP contribution in [-0.4, -0.2) is 74.3 Å². The first-order chi connectivity index (χ1) is 20.7. The summed E-state index contributed by atoms with van der Waals surface area (Å²) >= 11 is 0. The fourth-order valence-corrected chi connectivity index (χ4v) is 5.38. The fraction of sp³-hybridized carbons (Fsp3) is 0.300. The first kappa shape index (κ1) is 29.9. The number of ether oxygens (including phenoxy) is 3. The van der Waals surface area contributed by atoms with Crippen LogP contribution in [0.25, 0.3) is 11.0 Å². The highest BCUT2D eigenvalue weighted by molar-refractivity contribution is 7.92. The van der Waals surface area contributed by atoms with E-state index < -0.39 is 16.1 Å². The van der Waals surface area contributed by atoms with E-state index in [-0.39, 0.29) is 29.0 Å². The van der Waals surface area contributed by atoms with Crippen LogP contribution in [0.3, 0.4) is 0 Å². The number of para-hydroxylation sites is 2. The third-order valence-electron chi connectivity index (χ3n) is 6.88. The van der Waals surface area contributed by atoms with E-state index in [1.807, 2.05) is 0 Å². The van der Waals surface area contributed by atoms with Crippen LogP contribution in [0.5, 0.6) is 17.2 Å². The van der Waals surface area contributed by atoms with Crippen molar-refractivity contribution in [1.29, 1.82) is 0 Å². The zero-order chi connectivity index (χ0) is 30.6. The minimum absolute atomic E-state index is 0.0428. The molecule has 12 nitrogen and oxygen atoms in total. The Balaban J connectivity index is 1.51. The molecule has 0 radical (unpaired) electrons. The summed E-state index contributed by atoms with van der Waals surface area (Å²) in [6, 6.07) is 16.1. The molecule has 1 unspecified atom stereocenters. The van der Waals surface area contributed by atoms with E-state index in [0.29, 0.717) is 59.0 Å². The maximum atomic E-state index is 13.5. The highest BCUT2D eigenvalue weighted by atomic mass is 32.2. The molecule has 3 aromatic carbocycles. The third-order valence-corrected chi connectivity index (χ3v) is 8.23. The smallest absolute Gasteiger partial charge is 0.263 e. The summed E-state index contributed by atoms with van der Waals surface area (Å²) in [6.07, 6.45) is 0.761. The Morgan fingerprint density at radius 2 is 1.67 bits per heavy atom. The Morgan fingerprint density at radius 1 is 1.00 bits per heavy atom. The number of methoxy groups -OCH3 is 2. The Bertz CT molecular complexity index is 1730. The summed E-state index contributed by atoms with van der Waals surface area (Å²) in [4.78, 5) is 23.4. The van der Waals surface area contributed by atoms with Crippen LogP contribution in [0.15, 0.2) is 65.6 Å². The molecule has 2 heterocycles. The van der Waals surface area contributed by atoms with Crippen LogP contribution >= 0.6 is 0 Å². The summed E-state index contributed by atoms with van der Waals surface area (Å²) in [5, 5.41) is 12.9. The maximum absolute atomic E-state index is 13.5. The molecule has 0 saturated carbocycles. The van der Waals surface area contributed by atoms with Crippen molar-refractivity contribution >= 4 is 44.3 Å². The Morgan fingerprint density at radius 3 is 2.26 bits per heavy atom. The van der Waals surface area contributed by atoms with Crippen molar-refractivity contribution < 1.29 is 32.5 Å². The highest BCUT2D eigenvalue weighted by Gasteiger charge is 2.24. The van der Waals surface area contributed by atoms with Gasteiger partial charge in [0.15, 0.2) is 23.1 Å². The number of likely N-dealkylation sites (tertiary alicyclic amines) is 1. The van der Waals surface area contributed by atoms with Crippen LogP contribution in [0.1, 0.15) is 30.1 Å². The van der Waals surface area contributed by atoms with Crippen LogP contribution in [0.2, 0.25) is 0 Å². The molecule has 0 bridgehead atoms. The van der Waals surface area contributed by atoms with Gasteiger partial charge in [0.2, 0.25) is 0 Å². The summed E-state index contributed by atoms with van der Waals surface area (Å²) in [5.41, 5.74) is 1.79. The summed E-state index contributed by atoms with van der Waals surface area (Å²) in [7, 11) is -1.15. The number of benzene rings is 3. The molecule has 13 heteroatoms. The lowest BCUT2D eigenvalue weighted by atomic mass is 10.1. The molecule has 1 atom stereocenters. The van der Waals surface area contributed by atoms with Crippen molar-refractivity contribution in [3.63, 3.8) is 0 Å². The quantitative estimate of drug-likeness (QED) is 0.214. The number of nitrogens with one attached hydrogen (secondary N) is 2. The molecular formula is C30H33N5O7S. The molecule has 5 rings (SSSR count). The largest absolute Gasteiger partial charge is 0.497 e. The average molecular weight is 608 g/mol. The number of sulfonamides is 1. The molecule has 0 spiro atoms. The molecular weight excluding hydrogens is 574 g/mol. The average Bonchev–Trinajstić information content (AvgIpc) is 2.96. The number of anilines is 3. The first-order valence-corrected chi connectivity index (χ1v) is 15.2. The second-order valence-electron chi connectivity index (χ2n) is 10.0. The molecule has 0 aliphatic carbocycles. The van der Waals surface area contributed by atoms with Gasteiger partial charge in [-0.2, -0.15) is 0 Å². The van der Waals surface area contributed by atoms with Gasteiger partial charge in [-0.3, -0.25) is 9.52 Å². The number of aromatic nitrogens is 2. The Labute approximate surface area is 249 Å². The van der Waals surface area contributed by atoms with Gasteiger partial charge in [0.25, 0.3) is 15.9 Å². The van der Waals surface area contributed by atoms with Crippen LogP contribution in [0.4, 0.5) is 17.3 Å². The summed E-state index contributed by atoms with van der Waals surface area (Å²) in [6.45, 7) is 3.25. The van der Waals surface area contributed by atoms with Crippen molar-refractivity contribution in [3.8, 4) is 17.2 Å². The standard InChI is InChI=1S/C30H33N5O7S/c1-19(36)13-16-42-27-25(17-21(40-2)18-26(27)41-3)33-28-29(32-24-8-5-4-7-23(24)31-28)34-43(38,39)22-11-9-20(10-12-22)30(37)35-14-6-15-35/h4-5,7-12,17-19,36H,6,13-16H2,1-3H3,(H,31,33)(H,32,34). The number of carbonyl (C=O) groups is 1. The molecule has 3 N–H and O–H groups in total. The van der Waals surface area contributed by atoms with Crippen LogP contribution < -0.4 is 24.2 Å². The Hall–Kier alpha value is -4.62. The SMILES string of the molecule is COc1cc(Nc2nc3ccccc3nc2NS(=O)(=O)c2ccc(C(=O)N3CCC3)cc2)c(OCCC(C)O)c(OC)c1. The maximum Gasteiger partial charge on any atom is 0.263 e. The van der Waals surface area contributed by atoms with Gasteiger partial charge in [-0.15, -0.1) is 0 Å². The number of carbonyl (C=O) groups excluding carboxylic acids is 1. The van der Waals surface area contributed by atoms with E-state index in [2.05, 4.69) is 20.0 Å². The van der Waals surface area contributed by atoms with E-state index in [1.54, 1.807) is 48.2 Å². The van der Waals surface area contributed by atoms with E-state index in [4.69, 9.17) is 14.2 Å². The normalized spacial score (nSPS) is 13.6. The zero-order valence-electron chi connectivity index (χ0n) is 24.0. The molecule has 1 aromatic heterocycles. The summed E-state index contributed by atoms with van der Waals surface area (Å²) < 4.78 is 46.5. The van der Waals surface area contributed by atoms with Gasteiger partial charge >= 0.3 is 0 Å². The van der Waals surface area contributed by atoms with Gasteiger partial charge in [-0.1, -0.05) is 12.1 Å². The van der Waals surface area contributed by atoms with Crippen molar-refractivity contribution in [3.05, 3.63) is 66.2 Å². The highest BCUT2D eigenvalue weighted by Crippen LogP contribution is 2.42. The van der Waals surface area contributed by atoms with Gasteiger partial charge in [-0.05, 0) is 49.7 Å². The first-order valence-electron chi connectivity index (χ1n) is 13.7. The lowest BCUT2D eigenvalue weighted by molar-refractivity contribution is 0.0651. The molecule has 1 fully saturated rings. The molecule has 43 heavy (non-hydrogen) atoms. The topological polar surface area (TPSA) is 152 Å². The number of hydrogen-bond acceptors (Lipinski definition) is 10. The van der Waals surface area contributed by atoms with Crippen LogP contribution in [0, 0.1) is 0 Å². The number of fused-ring (bicyclic) bond motifs is 1. The van der Waals surface area contributed by atoms with Gasteiger partial charge < -0.3 is 29.5 Å².